The maximum absolute atomic E-state index is 13.3. The number of rotatable bonds is 12. The van der Waals surface area contributed by atoms with E-state index in [0.717, 1.165) is 18.4 Å². The maximum atomic E-state index is 13.3. The first-order valence-electron chi connectivity index (χ1n) is 12.1. The number of benzene rings is 2. The van der Waals surface area contributed by atoms with Gasteiger partial charge < -0.3 is 29.0 Å². The number of carbonyl (C=O) groups excluding carboxylic acids is 2. The maximum Gasteiger partial charge on any atom is 0.295 e. The number of amides is 1. The van der Waals surface area contributed by atoms with Crippen molar-refractivity contribution in [1.29, 1.82) is 0 Å². The highest BCUT2D eigenvalue weighted by Gasteiger charge is 2.47. The van der Waals surface area contributed by atoms with Crippen molar-refractivity contribution in [2.24, 2.45) is 0 Å². The van der Waals surface area contributed by atoms with Crippen molar-refractivity contribution >= 4 is 17.4 Å². The van der Waals surface area contributed by atoms with Crippen LogP contribution in [0, 0.1) is 6.92 Å². The summed E-state index contributed by atoms with van der Waals surface area (Å²) in [5, 5.41) is 11.4. The van der Waals surface area contributed by atoms with Crippen molar-refractivity contribution in [3.8, 4) is 17.2 Å². The van der Waals surface area contributed by atoms with Crippen LogP contribution in [0.5, 0.6) is 17.2 Å². The summed E-state index contributed by atoms with van der Waals surface area (Å²) >= 11 is 0. The van der Waals surface area contributed by atoms with E-state index in [1.54, 1.807) is 43.5 Å². The first-order chi connectivity index (χ1) is 17.4. The zero-order valence-corrected chi connectivity index (χ0v) is 21.6. The third-order valence-electron chi connectivity index (χ3n) is 6.22. The first-order valence-corrected chi connectivity index (χ1v) is 12.1. The van der Waals surface area contributed by atoms with E-state index in [2.05, 4.69) is 6.92 Å². The number of nitrogens with zero attached hydrogens (tertiary/aromatic N) is 1. The quantitative estimate of drug-likeness (QED) is 0.197. The van der Waals surface area contributed by atoms with Gasteiger partial charge in [-0.15, -0.1) is 0 Å². The number of methoxy groups -OCH3 is 3. The Morgan fingerprint density at radius 1 is 1.00 bits per heavy atom. The molecule has 1 atom stereocenters. The largest absolute Gasteiger partial charge is 0.507 e. The van der Waals surface area contributed by atoms with Crippen LogP contribution in [0.15, 0.2) is 42.0 Å². The molecule has 0 aliphatic carbocycles. The first kappa shape index (κ1) is 27.1. The Morgan fingerprint density at radius 3 is 2.42 bits per heavy atom. The highest BCUT2D eigenvalue weighted by atomic mass is 16.5. The zero-order chi connectivity index (χ0) is 26.2. The lowest BCUT2D eigenvalue weighted by molar-refractivity contribution is -0.140. The van der Waals surface area contributed by atoms with Gasteiger partial charge in [-0.05, 0) is 49.6 Å². The number of aryl methyl sites for hydroxylation is 1. The number of aliphatic hydroxyl groups excluding tert-OH is 1. The van der Waals surface area contributed by atoms with Gasteiger partial charge in [0.2, 0.25) is 0 Å². The summed E-state index contributed by atoms with van der Waals surface area (Å²) in [6, 6.07) is 9.64. The van der Waals surface area contributed by atoms with Crippen LogP contribution in [-0.4, -0.2) is 62.8 Å². The minimum atomic E-state index is -0.854. The molecular weight excluding hydrogens is 462 g/mol. The molecule has 0 bridgehead atoms. The van der Waals surface area contributed by atoms with Gasteiger partial charge >= 0.3 is 0 Å². The lowest BCUT2D eigenvalue weighted by Gasteiger charge is -2.27. The summed E-state index contributed by atoms with van der Waals surface area (Å²) < 4.78 is 22.0. The van der Waals surface area contributed by atoms with Gasteiger partial charge in [-0.1, -0.05) is 25.5 Å². The molecule has 0 saturated carbocycles. The van der Waals surface area contributed by atoms with E-state index in [1.165, 1.54) is 19.1 Å². The van der Waals surface area contributed by atoms with Crippen molar-refractivity contribution in [2.75, 3.05) is 41.1 Å². The van der Waals surface area contributed by atoms with Gasteiger partial charge in [0.05, 0.1) is 32.4 Å². The molecule has 1 saturated heterocycles. The van der Waals surface area contributed by atoms with E-state index < -0.39 is 17.7 Å². The summed E-state index contributed by atoms with van der Waals surface area (Å²) in [7, 11) is 4.60. The molecule has 0 radical (unpaired) electrons. The number of hydrogen-bond acceptors (Lipinski definition) is 7. The number of Topliss-reactive ketones (excluding diaryl/α,β-unsaturated/α-hetero) is 1. The molecule has 1 heterocycles. The van der Waals surface area contributed by atoms with Crippen LogP contribution >= 0.6 is 0 Å². The lowest BCUT2D eigenvalue weighted by atomic mass is 9.94. The van der Waals surface area contributed by atoms with Crippen LogP contribution in [0.4, 0.5) is 0 Å². The Bertz CT molecular complexity index is 1120. The van der Waals surface area contributed by atoms with Crippen molar-refractivity contribution < 1.29 is 33.6 Å². The van der Waals surface area contributed by atoms with Gasteiger partial charge in [-0.25, -0.2) is 0 Å². The molecule has 8 heteroatoms. The fourth-order valence-electron chi connectivity index (χ4n) is 4.38. The summed E-state index contributed by atoms with van der Waals surface area (Å²) in [5.74, 6) is -0.113. The molecule has 0 aromatic heterocycles. The Labute approximate surface area is 212 Å². The number of aliphatic hydroxyl groups is 1. The van der Waals surface area contributed by atoms with Crippen LogP contribution < -0.4 is 14.2 Å². The van der Waals surface area contributed by atoms with Crippen molar-refractivity contribution in [2.45, 2.75) is 39.2 Å². The number of ketones is 1. The van der Waals surface area contributed by atoms with Crippen LogP contribution in [0.1, 0.15) is 48.9 Å². The van der Waals surface area contributed by atoms with E-state index in [4.69, 9.17) is 18.9 Å². The van der Waals surface area contributed by atoms with E-state index in [0.29, 0.717) is 48.0 Å². The Balaban J connectivity index is 2.13. The molecule has 3 rings (SSSR count). The van der Waals surface area contributed by atoms with Crippen molar-refractivity contribution in [3.05, 3.63) is 58.7 Å². The van der Waals surface area contributed by atoms with Crippen LogP contribution in [0.2, 0.25) is 0 Å². The molecule has 36 heavy (non-hydrogen) atoms. The summed E-state index contributed by atoms with van der Waals surface area (Å²) in [6.07, 6.45) is 2.49. The minimum Gasteiger partial charge on any atom is -0.507 e. The number of ether oxygens (including phenoxy) is 4. The van der Waals surface area contributed by atoms with Gasteiger partial charge in [0, 0.05) is 31.4 Å². The molecule has 0 unspecified atom stereocenters. The van der Waals surface area contributed by atoms with E-state index in [-0.39, 0.29) is 17.9 Å². The highest BCUT2D eigenvalue weighted by molar-refractivity contribution is 6.46. The second-order valence-corrected chi connectivity index (χ2v) is 8.60. The zero-order valence-electron chi connectivity index (χ0n) is 21.6. The normalized spacial score (nSPS) is 16.9. The third-order valence-corrected chi connectivity index (χ3v) is 6.22. The predicted octanol–water partition coefficient (Wildman–Crippen LogP) is 4.65. The van der Waals surface area contributed by atoms with E-state index in [9.17, 15) is 14.7 Å². The van der Waals surface area contributed by atoms with E-state index >= 15 is 0 Å². The van der Waals surface area contributed by atoms with Crippen LogP contribution in [0.25, 0.3) is 5.76 Å². The minimum absolute atomic E-state index is 0.00280. The molecule has 194 valence electrons. The molecule has 8 nitrogen and oxygen atoms in total. The topological polar surface area (TPSA) is 94.5 Å². The standard InChI is InChI=1S/C28H35NO7/c1-6-7-16-36-21-13-12-19(17-18(21)2)25(30)23-24(20-10-8-11-22(34-4)27(20)35-5)29(14-9-15-33-3)28(32)26(23)31/h8,10-13,17,24,30H,6-7,9,14-16H2,1-5H3/t24-/m1/s1. The third kappa shape index (κ3) is 5.49. The molecule has 2 aromatic rings. The molecule has 1 N–H and O–H groups in total. The summed E-state index contributed by atoms with van der Waals surface area (Å²) in [5.41, 5.74) is 1.80. The Morgan fingerprint density at radius 2 is 1.78 bits per heavy atom. The SMILES string of the molecule is CCCCOc1ccc(C(O)=C2C(=O)C(=O)N(CCCOC)[C@@H]2c2cccc(OC)c2OC)cc1C. The number of para-hydroxylation sites is 1. The Kier molecular flexibility index (Phi) is 9.36. The monoisotopic (exact) mass is 497 g/mol. The molecule has 1 aliphatic heterocycles. The fraction of sp³-hybridized carbons (Fsp3) is 0.429. The van der Waals surface area contributed by atoms with Crippen molar-refractivity contribution in [3.63, 3.8) is 0 Å². The second-order valence-electron chi connectivity index (χ2n) is 8.60. The van der Waals surface area contributed by atoms with E-state index in [1.807, 2.05) is 6.92 Å². The Hall–Kier alpha value is -3.52. The van der Waals surface area contributed by atoms with Gasteiger partial charge in [-0.3, -0.25) is 9.59 Å². The number of unbranched alkanes of at least 4 members (excludes halogenated alkanes) is 1. The van der Waals surface area contributed by atoms with Crippen LogP contribution in [-0.2, 0) is 14.3 Å². The molecule has 1 aliphatic rings. The fourth-order valence-corrected chi connectivity index (χ4v) is 4.38. The van der Waals surface area contributed by atoms with Crippen molar-refractivity contribution in [1.82, 2.24) is 4.90 Å². The molecule has 1 fully saturated rings. The van der Waals surface area contributed by atoms with Gasteiger partial charge in [0.1, 0.15) is 11.5 Å². The lowest BCUT2D eigenvalue weighted by Crippen LogP contribution is -2.31. The summed E-state index contributed by atoms with van der Waals surface area (Å²) in [4.78, 5) is 27.9. The van der Waals surface area contributed by atoms with Gasteiger partial charge in [0.25, 0.3) is 11.7 Å². The average molecular weight is 498 g/mol. The van der Waals surface area contributed by atoms with Gasteiger partial charge in [-0.2, -0.15) is 0 Å². The smallest absolute Gasteiger partial charge is 0.295 e. The molecule has 2 aromatic carbocycles. The number of hydrogen-bond donors (Lipinski definition) is 1. The van der Waals surface area contributed by atoms with Gasteiger partial charge in [0.15, 0.2) is 11.5 Å². The second kappa shape index (κ2) is 12.4. The number of likely N-dealkylation sites (tertiary alicyclic amines) is 1. The van der Waals surface area contributed by atoms with Crippen LogP contribution in [0.3, 0.4) is 0 Å². The molecular formula is C28H35NO7. The summed E-state index contributed by atoms with van der Waals surface area (Å²) in [6.45, 7) is 5.26. The predicted molar refractivity (Wildman–Crippen MR) is 137 cm³/mol. The molecule has 1 amide bonds. The molecule has 0 spiro atoms. The number of carbonyl (C=O) groups is 2. The highest BCUT2D eigenvalue weighted by Crippen LogP contribution is 2.45. The average Bonchev–Trinajstić information content (AvgIpc) is 3.13.